The lowest BCUT2D eigenvalue weighted by Gasteiger charge is -2.37. The topological polar surface area (TPSA) is 92.1 Å². The number of amides is 3. The van der Waals surface area contributed by atoms with Crippen LogP contribution in [-0.4, -0.2) is 66.0 Å². The highest BCUT2D eigenvalue weighted by atomic mass is 16.6. The van der Waals surface area contributed by atoms with Crippen molar-refractivity contribution in [2.75, 3.05) is 26.2 Å². The normalized spacial score (nSPS) is 21.3. The second kappa shape index (κ2) is 7.58. The van der Waals surface area contributed by atoms with Crippen LogP contribution >= 0.6 is 0 Å². The van der Waals surface area contributed by atoms with E-state index in [1.54, 1.807) is 17.0 Å². The number of likely N-dealkylation sites (tertiary alicyclic amines) is 1. The van der Waals surface area contributed by atoms with E-state index < -0.39 is 5.91 Å². The summed E-state index contributed by atoms with van der Waals surface area (Å²) >= 11 is 0. The van der Waals surface area contributed by atoms with Gasteiger partial charge in [0.25, 0.3) is 5.91 Å². The minimum Gasteiger partial charge on any atom is -0.459 e. The van der Waals surface area contributed by atoms with Gasteiger partial charge in [0.2, 0.25) is 5.91 Å². The number of nitrogens with one attached hydrogen (secondary N) is 1. The van der Waals surface area contributed by atoms with Crippen LogP contribution in [0.1, 0.15) is 36.7 Å². The molecular formula is C17H23N3O5. The zero-order valence-electron chi connectivity index (χ0n) is 14.3. The van der Waals surface area contributed by atoms with E-state index in [2.05, 4.69) is 5.32 Å². The lowest BCUT2D eigenvalue weighted by atomic mass is 10.0. The van der Waals surface area contributed by atoms with Crippen molar-refractivity contribution in [1.82, 2.24) is 15.1 Å². The Labute approximate surface area is 146 Å². The van der Waals surface area contributed by atoms with E-state index in [9.17, 15) is 14.4 Å². The highest BCUT2D eigenvalue weighted by Crippen LogP contribution is 2.25. The van der Waals surface area contributed by atoms with E-state index in [0.717, 1.165) is 19.3 Å². The highest BCUT2D eigenvalue weighted by molar-refractivity contribution is 5.94. The molecule has 0 aromatic carbocycles. The number of rotatable bonds is 5. The van der Waals surface area contributed by atoms with Crippen molar-refractivity contribution < 1.29 is 23.5 Å². The number of piperidine rings is 1. The van der Waals surface area contributed by atoms with E-state index in [4.69, 9.17) is 9.15 Å². The third-order valence-electron chi connectivity index (χ3n) is 4.83. The maximum Gasteiger partial charge on any atom is 0.410 e. The number of ether oxygens (including phenoxy) is 1. The molecule has 0 saturated carbocycles. The lowest BCUT2D eigenvalue weighted by molar-refractivity contribution is -0.131. The van der Waals surface area contributed by atoms with E-state index in [1.807, 2.05) is 11.8 Å². The SMILES string of the molecule is CCC1COC(=O)N1C1CCN(C(=O)CNC(=O)c2ccco2)CC1. The average molecular weight is 349 g/mol. The fourth-order valence-electron chi connectivity index (χ4n) is 3.39. The maximum absolute atomic E-state index is 12.3. The van der Waals surface area contributed by atoms with E-state index >= 15 is 0 Å². The van der Waals surface area contributed by atoms with Gasteiger partial charge in [-0.25, -0.2) is 4.79 Å². The van der Waals surface area contributed by atoms with Gasteiger partial charge in [0.1, 0.15) is 6.61 Å². The number of hydrogen-bond acceptors (Lipinski definition) is 5. The van der Waals surface area contributed by atoms with Crippen LogP contribution in [0.15, 0.2) is 22.8 Å². The number of carbonyl (C=O) groups excluding carboxylic acids is 3. The van der Waals surface area contributed by atoms with Gasteiger partial charge >= 0.3 is 6.09 Å². The molecule has 2 aliphatic rings. The molecular weight excluding hydrogens is 326 g/mol. The standard InChI is InChI=1S/C17H23N3O5/c1-2-12-11-25-17(23)20(12)13-5-7-19(8-6-13)15(21)10-18-16(22)14-4-3-9-24-14/h3-4,9,12-13H,2,5-8,10-11H2,1H3,(H,18,22). The Morgan fingerprint density at radius 3 is 2.72 bits per heavy atom. The van der Waals surface area contributed by atoms with Crippen LogP contribution in [0.2, 0.25) is 0 Å². The monoisotopic (exact) mass is 349 g/mol. The van der Waals surface area contributed by atoms with Crippen molar-refractivity contribution in [2.24, 2.45) is 0 Å². The predicted molar refractivity (Wildman–Crippen MR) is 87.9 cm³/mol. The molecule has 3 heterocycles. The van der Waals surface area contributed by atoms with Crippen LogP contribution in [0.4, 0.5) is 4.79 Å². The minimum absolute atomic E-state index is 0.0620. The van der Waals surface area contributed by atoms with Crippen LogP contribution in [0, 0.1) is 0 Å². The molecule has 0 spiro atoms. The number of nitrogens with zero attached hydrogens (tertiary/aromatic N) is 2. The molecule has 1 aromatic heterocycles. The molecule has 8 heteroatoms. The van der Waals surface area contributed by atoms with Crippen molar-refractivity contribution in [1.29, 1.82) is 0 Å². The van der Waals surface area contributed by atoms with Crippen molar-refractivity contribution in [2.45, 2.75) is 38.3 Å². The predicted octanol–water partition coefficient (Wildman–Crippen LogP) is 1.23. The van der Waals surface area contributed by atoms with E-state index in [0.29, 0.717) is 19.7 Å². The molecule has 0 bridgehead atoms. The van der Waals surface area contributed by atoms with Crippen LogP contribution in [0.25, 0.3) is 0 Å². The Bertz CT molecular complexity index is 622. The summed E-state index contributed by atoms with van der Waals surface area (Å²) in [5.41, 5.74) is 0. The van der Waals surface area contributed by atoms with Crippen LogP contribution in [0.5, 0.6) is 0 Å². The van der Waals surface area contributed by atoms with E-state index in [-0.39, 0.29) is 36.4 Å². The van der Waals surface area contributed by atoms with Gasteiger partial charge in [0.05, 0.1) is 18.8 Å². The van der Waals surface area contributed by atoms with Gasteiger partial charge < -0.3 is 19.4 Å². The van der Waals surface area contributed by atoms with Crippen LogP contribution < -0.4 is 5.32 Å². The molecule has 0 radical (unpaired) electrons. The first kappa shape index (κ1) is 17.3. The molecule has 8 nitrogen and oxygen atoms in total. The summed E-state index contributed by atoms with van der Waals surface area (Å²) in [6.07, 6.45) is 3.48. The minimum atomic E-state index is -0.404. The summed E-state index contributed by atoms with van der Waals surface area (Å²) in [5, 5.41) is 2.56. The quantitative estimate of drug-likeness (QED) is 0.863. The molecule has 1 unspecified atom stereocenters. The number of hydrogen-bond donors (Lipinski definition) is 1. The Hall–Kier alpha value is -2.51. The van der Waals surface area contributed by atoms with Gasteiger partial charge in [-0.3, -0.25) is 14.5 Å². The first-order valence-corrected chi connectivity index (χ1v) is 8.64. The van der Waals surface area contributed by atoms with Crippen LogP contribution in [0.3, 0.4) is 0 Å². The average Bonchev–Trinajstić information content (AvgIpc) is 3.29. The van der Waals surface area contributed by atoms with E-state index in [1.165, 1.54) is 6.26 Å². The Morgan fingerprint density at radius 1 is 1.32 bits per heavy atom. The van der Waals surface area contributed by atoms with Gasteiger partial charge in [-0.15, -0.1) is 0 Å². The second-order valence-electron chi connectivity index (χ2n) is 6.32. The molecule has 1 atom stereocenters. The Kier molecular flexibility index (Phi) is 5.25. The molecule has 1 N–H and O–H groups in total. The zero-order valence-corrected chi connectivity index (χ0v) is 14.3. The summed E-state index contributed by atoms with van der Waals surface area (Å²) in [6.45, 7) is 3.57. The maximum atomic E-state index is 12.3. The van der Waals surface area contributed by atoms with Gasteiger partial charge in [0, 0.05) is 19.1 Å². The molecule has 0 aliphatic carbocycles. The molecule has 2 aliphatic heterocycles. The lowest BCUT2D eigenvalue weighted by Crippen LogP contribution is -2.51. The third-order valence-corrected chi connectivity index (χ3v) is 4.83. The fourth-order valence-corrected chi connectivity index (χ4v) is 3.39. The summed E-state index contributed by atoms with van der Waals surface area (Å²) in [4.78, 5) is 39.5. The summed E-state index contributed by atoms with van der Waals surface area (Å²) in [5.74, 6) is -0.349. The van der Waals surface area contributed by atoms with Crippen molar-refractivity contribution in [3.8, 4) is 0 Å². The Balaban J connectivity index is 1.46. The highest BCUT2D eigenvalue weighted by Gasteiger charge is 2.38. The van der Waals surface area contributed by atoms with Gasteiger partial charge in [-0.2, -0.15) is 0 Å². The Morgan fingerprint density at radius 2 is 2.08 bits per heavy atom. The molecule has 3 amide bonds. The smallest absolute Gasteiger partial charge is 0.410 e. The largest absolute Gasteiger partial charge is 0.459 e. The zero-order chi connectivity index (χ0) is 17.8. The second-order valence-corrected chi connectivity index (χ2v) is 6.32. The number of carbonyl (C=O) groups is 3. The molecule has 3 rings (SSSR count). The van der Waals surface area contributed by atoms with Crippen molar-refractivity contribution >= 4 is 17.9 Å². The first-order chi connectivity index (χ1) is 12.1. The molecule has 2 saturated heterocycles. The van der Waals surface area contributed by atoms with Crippen molar-refractivity contribution in [3.63, 3.8) is 0 Å². The summed E-state index contributed by atoms with van der Waals surface area (Å²) in [7, 11) is 0. The molecule has 25 heavy (non-hydrogen) atoms. The molecule has 2 fully saturated rings. The molecule has 1 aromatic rings. The summed E-state index contributed by atoms with van der Waals surface area (Å²) < 4.78 is 10.1. The number of furan rings is 1. The van der Waals surface area contributed by atoms with Gasteiger partial charge in [-0.05, 0) is 31.4 Å². The van der Waals surface area contributed by atoms with Gasteiger partial charge in [-0.1, -0.05) is 6.92 Å². The van der Waals surface area contributed by atoms with Crippen molar-refractivity contribution in [3.05, 3.63) is 24.2 Å². The first-order valence-electron chi connectivity index (χ1n) is 8.64. The summed E-state index contributed by atoms with van der Waals surface area (Å²) in [6, 6.07) is 3.41. The fraction of sp³-hybridized carbons (Fsp3) is 0.588. The van der Waals surface area contributed by atoms with Gasteiger partial charge in [0.15, 0.2) is 5.76 Å². The third kappa shape index (κ3) is 3.78. The number of cyclic esters (lactones) is 1. The molecule has 136 valence electrons. The van der Waals surface area contributed by atoms with Crippen LogP contribution in [-0.2, 0) is 9.53 Å².